The number of nitrogens with one attached hydrogen (secondary N) is 2. The standard InChI is InChI=1S/C22H25N5O3/c1-15-4-9-20(12-16(15)2)30-11-10-21(28)25-18-5-7-19(8-6-18)26-22(29)17(3)27-14-23-13-24-27/h4-9,12-14,17H,10-11H2,1-3H3,(H,25,28)(H,26,29). The number of hydrogen-bond acceptors (Lipinski definition) is 5. The molecule has 0 fully saturated rings. The van der Waals surface area contributed by atoms with Crippen molar-refractivity contribution in [2.24, 2.45) is 0 Å². The zero-order valence-corrected chi connectivity index (χ0v) is 17.3. The number of aryl methyl sites for hydroxylation is 2. The molecule has 0 saturated heterocycles. The Kier molecular flexibility index (Phi) is 6.79. The molecule has 0 aliphatic carbocycles. The first-order chi connectivity index (χ1) is 14.4. The van der Waals surface area contributed by atoms with E-state index in [4.69, 9.17) is 4.74 Å². The van der Waals surface area contributed by atoms with Crippen molar-refractivity contribution in [2.45, 2.75) is 33.2 Å². The molecule has 1 aromatic heterocycles. The van der Waals surface area contributed by atoms with Crippen LogP contribution in [0.3, 0.4) is 0 Å². The van der Waals surface area contributed by atoms with Gasteiger partial charge >= 0.3 is 0 Å². The van der Waals surface area contributed by atoms with Gasteiger partial charge in [0.1, 0.15) is 24.4 Å². The highest BCUT2D eigenvalue weighted by atomic mass is 16.5. The lowest BCUT2D eigenvalue weighted by atomic mass is 10.1. The largest absolute Gasteiger partial charge is 0.493 e. The molecule has 8 heteroatoms. The summed E-state index contributed by atoms with van der Waals surface area (Å²) in [6.07, 6.45) is 3.11. The Bertz CT molecular complexity index is 1000. The summed E-state index contributed by atoms with van der Waals surface area (Å²) in [6, 6.07) is 12.3. The van der Waals surface area contributed by atoms with Crippen molar-refractivity contribution in [1.82, 2.24) is 14.8 Å². The van der Waals surface area contributed by atoms with Gasteiger partial charge in [0.2, 0.25) is 11.8 Å². The summed E-state index contributed by atoms with van der Waals surface area (Å²) in [5.41, 5.74) is 3.63. The van der Waals surface area contributed by atoms with Crippen LogP contribution in [0.4, 0.5) is 11.4 Å². The number of aromatic nitrogens is 3. The van der Waals surface area contributed by atoms with E-state index in [9.17, 15) is 9.59 Å². The third-order valence-electron chi connectivity index (χ3n) is 4.73. The molecule has 156 valence electrons. The van der Waals surface area contributed by atoms with E-state index >= 15 is 0 Å². The van der Waals surface area contributed by atoms with Crippen LogP contribution in [0.5, 0.6) is 5.75 Å². The zero-order chi connectivity index (χ0) is 21.5. The van der Waals surface area contributed by atoms with Crippen LogP contribution in [0, 0.1) is 13.8 Å². The van der Waals surface area contributed by atoms with E-state index in [0.29, 0.717) is 18.0 Å². The predicted octanol–water partition coefficient (Wildman–Crippen LogP) is 3.50. The Balaban J connectivity index is 1.44. The van der Waals surface area contributed by atoms with Crippen molar-refractivity contribution in [3.8, 4) is 5.75 Å². The van der Waals surface area contributed by atoms with Crippen molar-refractivity contribution >= 4 is 23.2 Å². The summed E-state index contributed by atoms with van der Waals surface area (Å²) in [5, 5.41) is 9.60. The van der Waals surface area contributed by atoms with Crippen molar-refractivity contribution in [3.05, 3.63) is 66.2 Å². The number of nitrogens with zero attached hydrogens (tertiary/aromatic N) is 3. The summed E-state index contributed by atoms with van der Waals surface area (Å²) in [4.78, 5) is 28.2. The number of hydrogen-bond donors (Lipinski definition) is 2. The van der Waals surface area contributed by atoms with E-state index in [-0.39, 0.29) is 18.2 Å². The highest BCUT2D eigenvalue weighted by Gasteiger charge is 2.15. The number of rotatable bonds is 8. The van der Waals surface area contributed by atoms with Gasteiger partial charge in [0.05, 0.1) is 13.0 Å². The first-order valence-corrected chi connectivity index (χ1v) is 9.67. The molecule has 3 rings (SSSR count). The lowest BCUT2D eigenvalue weighted by Gasteiger charge is -2.12. The molecule has 30 heavy (non-hydrogen) atoms. The molecule has 1 unspecified atom stereocenters. The molecular formula is C22H25N5O3. The van der Waals surface area contributed by atoms with Crippen LogP contribution in [-0.4, -0.2) is 33.2 Å². The van der Waals surface area contributed by atoms with Crippen LogP contribution in [0.2, 0.25) is 0 Å². The highest BCUT2D eigenvalue weighted by molar-refractivity contribution is 5.94. The summed E-state index contributed by atoms with van der Waals surface area (Å²) in [6.45, 7) is 6.10. The Labute approximate surface area is 175 Å². The van der Waals surface area contributed by atoms with Gasteiger partial charge in [-0.2, -0.15) is 5.10 Å². The normalized spacial score (nSPS) is 11.6. The van der Waals surface area contributed by atoms with Crippen LogP contribution in [0.1, 0.15) is 30.5 Å². The zero-order valence-electron chi connectivity index (χ0n) is 17.3. The van der Waals surface area contributed by atoms with Gasteiger partial charge in [0.25, 0.3) is 0 Å². The fraction of sp³-hybridized carbons (Fsp3) is 0.273. The molecule has 0 radical (unpaired) electrons. The summed E-state index contributed by atoms with van der Waals surface area (Å²) in [7, 11) is 0. The van der Waals surface area contributed by atoms with E-state index in [1.165, 1.54) is 22.9 Å². The topological polar surface area (TPSA) is 98.1 Å². The lowest BCUT2D eigenvalue weighted by molar-refractivity contribution is -0.119. The van der Waals surface area contributed by atoms with E-state index < -0.39 is 6.04 Å². The Morgan fingerprint density at radius 3 is 2.37 bits per heavy atom. The second-order valence-corrected chi connectivity index (χ2v) is 7.01. The molecule has 3 aromatic rings. The molecule has 1 heterocycles. The Morgan fingerprint density at radius 2 is 1.73 bits per heavy atom. The fourth-order valence-electron chi connectivity index (χ4n) is 2.71. The van der Waals surface area contributed by atoms with Crippen molar-refractivity contribution in [1.29, 1.82) is 0 Å². The minimum absolute atomic E-state index is 0.143. The van der Waals surface area contributed by atoms with Gasteiger partial charge in [-0.15, -0.1) is 0 Å². The molecule has 0 saturated carbocycles. The number of ether oxygens (including phenoxy) is 1. The van der Waals surface area contributed by atoms with Crippen LogP contribution < -0.4 is 15.4 Å². The maximum absolute atomic E-state index is 12.3. The molecule has 2 amide bonds. The second kappa shape index (κ2) is 9.69. The minimum atomic E-state index is -0.482. The van der Waals surface area contributed by atoms with Crippen molar-refractivity contribution < 1.29 is 14.3 Å². The van der Waals surface area contributed by atoms with Gasteiger partial charge < -0.3 is 15.4 Å². The molecule has 8 nitrogen and oxygen atoms in total. The Morgan fingerprint density at radius 1 is 1.03 bits per heavy atom. The van der Waals surface area contributed by atoms with Crippen LogP contribution >= 0.6 is 0 Å². The number of benzene rings is 2. The third-order valence-corrected chi connectivity index (χ3v) is 4.73. The molecule has 0 aliphatic rings. The summed E-state index contributed by atoms with van der Waals surface area (Å²) >= 11 is 0. The molecule has 2 aromatic carbocycles. The molecular weight excluding hydrogens is 382 g/mol. The number of carbonyl (C=O) groups is 2. The number of anilines is 2. The number of carbonyl (C=O) groups excluding carboxylic acids is 2. The first-order valence-electron chi connectivity index (χ1n) is 9.67. The van der Waals surface area contributed by atoms with E-state index in [2.05, 4.69) is 20.7 Å². The van der Waals surface area contributed by atoms with Crippen molar-refractivity contribution in [2.75, 3.05) is 17.2 Å². The highest BCUT2D eigenvalue weighted by Crippen LogP contribution is 2.17. The quantitative estimate of drug-likeness (QED) is 0.596. The van der Waals surface area contributed by atoms with Crippen LogP contribution in [-0.2, 0) is 9.59 Å². The van der Waals surface area contributed by atoms with Crippen LogP contribution in [0.15, 0.2) is 55.1 Å². The molecule has 0 aliphatic heterocycles. The minimum Gasteiger partial charge on any atom is -0.493 e. The average Bonchev–Trinajstić information content (AvgIpc) is 3.26. The van der Waals surface area contributed by atoms with Gasteiger partial charge in [-0.1, -0.05) is 6.07 Å². The molecule has 0 spiro atoms. The van der Waals surface area contributed by atoms with Gasteiger partial charge in [-0.3, -0.25) is 9.59 Å². The monoisotopic (exact) mass is 407 g/mol. The van der Waals surface area contributed by atoms with Crippen LogP contribution in [0.25, 0.3) is 0 Å². The van der Waals surface area contributed by atoms with Crippen molar-refractivity contribution in [3.63, 3.8) is 0 Å². The molecule has 0 bridgehead atoms. The van der Waals surface area contributed by atoms with Gasteiger partial charge in [-0.05, 0) is 68.3 Å². The van der Waals surface area contributed by atoms with Gasteiger partial charge in [0, 0.05) is 11.4 Å². The summed E-state index contributed by atoms with van der Waals surface area (Å²) < 4.78 is 7.12. The van der Waals surface area contributed by atoms with E-state index in [0.717, 1.165) is 11.3 Å². The smallest absolute Gasteiger partial charge is 0.249 e. The SMILES string of the molecule is Cc1ccc(OCCC(=O)Nc2ccc(NC(=O)C(C)n3cncn3)cc2)cc1C. The van der Waals surface area contributed by atoms with E-state index in [1.54, 1.807) is 31.2 Å². The van der Waals surface area contributed by atoms with Gasteiger partial charge in [-0.25, -0.2) is 9.67 Å². The fourth-order valence-corrected chi connectivity index (χ4v) is 2.71. The van der Waals surface area contributed by atoms with Gasteiger partial charge in [0.15, 0.2) is 0 Å². The molecule has 2 N–H and O–H groups in total. The maximum Gasteiger partial charge on any atom is 0.249 e. The number of amides is 2. The third kappa shape index (κ3) is 5.66. The Hall–Kier alpha value is -3.68. The average molecular weight is 407 g/mol. The first kappa shape index (κ1) is 21.0. The predicted molar refractivity (Wildman–Crippen MR) is 114 cm³/mol. The maximum atomic E-state index is 12.3. The second-order valence-electron chi connectivity index (χ2n) is 7.01. The van der Waals surface area contributed by atoms with E-state index in [1.807, 2.05) is 32.0 Å². The summed E-state index contributed by atoms with van der Waals surface area (Å²) in [5.74, 6) is 0.405. The lowest BCUT2D eigenvalue weighted by Crippen LogP contribution is -2.24. The molecule has 1 atom stereocenters.